The minimum absolute atomic E-state index is 0.0661. The Kier molecular flexibility index (Phi) is 4.26. The summed E-state index contributed by atoms with van der Waals surface area (Å²) >= 11 is 4.28. The van der Waals surface area contributed by atoms with Gasteiger partial charge < -0.3 is 4.98 Å². The van der Waals surface area contributed by atoms with E-state index in [-0.39, 0.29) is 9.37 Å². The van der Waals surface area contributed by atoms with Gasteiger partial charge in [-0.3, -0.25) is 4.72 Å². The Balaban J connectivity index is 1.92. The largest absolute Gasteiger partial charge is 0.359 e. The third-order valence-electron chi connectivity index (χ3n) is 3.01. The lowest BCUT2D eigenvalue weighted by Gasteiger charge is -2.08. The minimum atomic E-state index is -4.03. The molecule has 0 fully saturated rings. The molecule has 2 N–H and O–H groups in total. The van der Waals surface area contributed by atoms with E-state index in [1.54, 1.807) is 0 Å². The molecule has 0 aliphatic rings. The second-order valence-electron chi connectivity index (χ2n) is 4.58. The number of sulfonamides is 1. The SMILES string of the molecule is O=S(=O)(Nc1cc(F)c(Br)cc1F)c1c[nH]c(-c2cccs2)c1. The van der Waals surface area contributed by atoms with Crippen LogP contribution in [0.2, 0.25) is 0 Å². The summed E-state index contributed by atoms with van der Waals surface area (Å²) in [5.74, 6) is -1.65. The van der Waals surface area contributed by atoms with Gasteiger partial charge in [-0.15, -0.1) is 11.3 Å². The first-order valence-corrected chi connectivity index (χ1v) is 9.42. The highest BCUT2D eigenvalue weighted by Crippen LogP contribution is 2.28. The Morgan fingerprint density at radius 1 is 1.17 bits per heavy atom. The Labute approximate surface area is 143 Å². The molecule has 9 heteroatoms. The number of halogens is 3. The highest BCUT2D eigenvalue weighted by Gasteiger charge is 2.20. The zero-order valence-electron chi connectivity index (χ0n) is 11.3. The van der Waals surface area contributed by atoms with E-state index in [9.17, 15) is 17.2 Å². The molecule has 120 valence electrons. The molecular formula is C14H9BrF2N2O2S2. The van der Waals surface area contributed by atoms with Gasteiger partial charge >= 0.3 is 0 Å². The van der Waals surface area contributed by atoms with Crippen LogP contribution < -0.4 is 4.72 Å². The quantitative estimate of drug-likeness (QED) is 0.608. The fourth-order valence-electron chi connectivity index (χ4n) is 1.91. The van der Waals surface area contributed by atoms with E-state index in [1.165, 1.54) is 23.6 Å². The molecule has 2 heterocycles. The Hall–Kier alpha value is -1.71. The molecular weight excluding hydrogens is 410 g/mol. The molecule has 0 spiro atoms. The fourth-order valence-corrected chi connectivity index (χ4v) is 3.98. The summed E-state index contributed by atoms with van der Waals surface area (Å²) in [4.78, 5) is 3.65. The van der Waals surface area contributed by atoms with E-state index >= 15 is 0 Å². The van der Waals surface area contributed by atoms with Crippen LogP contribution in [0.15, 0.2) is 51.3 Å². The first kappa shape index (κ1) is 16.2. The van der Waals surface area contributed by atoms with Gasteiger partial charge in [0, 0.05) is 12.3 Å². The van der Waals surface area contributed by atoms with Gasteiger partial charge in [0.2, 0.25) is 0 Å². The number of hydrogen-bond acceptors (Lipinski definition) is 3. The van der Waals surface area contributed by atoms with E-state index < -0.39 is 27.3 Å². The van der Waals surface area contributed by atoms with Gasteiger partial charge in [0.05, 0.1) is 20.7 Å². The zero-order valence-corrected chi connectivity index (χ0v) is 14.5. The molecule has 0 bridgehead atoms. The molecule has 23 heavy (non-hydrogen) atoms. The molecule has 0 aliphatic carbocycles. The molecule has 0 saturated carbocycles. The highest BCUT2D eigenvalue weighted by molar-refractivity contribution is 9.10. The first-order valence-electron chi connectivity index (χ1n) is 6.26. The number of thiophene rings is 1. The number of aromatic nitrogens is 1. The number of benzene rings is 1. The van der Waals surface area contributed by atoms with E-state index in [0.717, 1.165) is 17.0 Å². The number of hydrogen-bond donors (Lipinski definition) is 2. The average molecular weight is 419 g/mol. The molecule has 1 aromatic carbocycles. The van der Waals surface area contributed by atoms with E-state index in [0.29, 0.717) is 5.69 Å². The molecule has 0 radical (unpaired) electrons. The monoisotopic (exact) mass is 418 g/mol. The zero-order chi connectivity index (χ0) is 16.6. The Morgan fingerprint density at radius 2 is 1.96 bits per heavy atom. The maximum absolute atomic E-state index is 13.8. The van der Waals surface area contributed by atoms with E-state index in [4.69, 9.17) is 0 Å². The van der Waals surface area contributed by atoms with Crippen LogP contribution in [0.4, 0.5) is 14.5 Å². The lowest BCUT2D eigenvalue weighted by Crippen LogP contribution is -2.13. The van der Waals surface area contributed by atoms with Crippen molar-refractivity contribution in [1.82, 2.24) is 4.98 Å². The second kappa shape index (κ2) is 6.06. The van der Waals surface area contributed by atoms with Crippen molar-refractivity contribution in [3.63, 3.8) is 0 Å². The van der Waals surface area contributed by atoms with Crippen molar-refractivity contribution >= 4 is 43.0 Å². The van der Waals surface area contributed by atoms with Crippen LogP contribution in [0.25, 0.3) is 10.6 Å². The summed E-state index contributed by atoms with van der Waals surface area (Å²) in [6.07, 6.45) is 1.30. The van der Waals surface area contributed by atoms with Crippen molar-refractivity contribution in [1.29, 1.82) is 0 Å². The molecule has 0 amide bonds. The van der Waals surface area contributed by atoms with Gasteiger partial charge in [-0.2, -0.15) is 0 Å². The summed E-state index contributed by atoms with van der Waals surface area (Å²) in [6.45, 7) is 0. The normalized spacial score (nSPS) is 11.6. The number of anilines is 1. The van der Waals surface area contributed by atoms with Crippen molar-refractivity contribution in [2.75, 3.05) is 4.72 Å². The molecule has 0 aliphatic heterocycles. The van der Waals surface area contributed by atoms with Gasteiger partial charge in [0.1, 0.15) is 16.5 Å². The van der Waals surface area contributed by atoms with Gasteiger partial charge in [-0.1, -0.05) is 6.07 Å². The number of aromatic amines is 1. The molecule has 0 atom stereocenters. The molecule has 3 rings (SSSR count). The van der Waals surface area contributed by atoms with E-state index in [1.807, 2.05) is 22.2 Å². The Morgan fingerprint density at radius 3 is 2.65 bits per heavy atom. The van der Waals surface area contributed by atoms with Gasteiger partial charge in [0.15, 0.2) is 0 Å². The van der Waals surface area contributed by atoms with Crippen LogP contribution in [-0.4, -0.2) is 13.4 Å². The third kappa shape index (κ3) is 3.31. The summed E-state index contributed by atoms with van der Waals surface area (Å²) in [7, 11) is -4.03. The molecule has 0 saturated heterocycles. The van der Waals surface area contributed by atoms with Gasteiger partial charge in [0.25, 0.3) is 10.0 Å². The van der Waals surface area contributed by atoms with Crippen LogP contribution in [0.1, 0.15) is 0 Å². The van der Waals surface area contributed by atoms with Crippen molar-refractivity contribution in [2.45, 2.75) is 4.90 Å². The predicted molar refractivity (Wildman–Crippen MR) is 89.0 cm³/mol. The standard InChI is InChI=1S/C14H9BrF2N2O2S2/c15-9-5-11(17)12(6-10(9)16)19-23(20,21)8-4-13(18-7-8)14-2-1-3-22-14/h1-7,18-19H. The topological polar surface area (TPSA) is 62.0 Å². The van der Waals surface area contributed by atoms with Crippen LogP contribution in [0, 0.1) is 11.6 Å². The lowest BCUT2D eigenvalue weighted by atomic mass is 10.3. The van der Waals surface area contributed by atoms with Crippen molar-refractivity contribution in [2.24, 2.45) is 0 Å². The smallest absolute Gasteiger partial charge is 0.263 e. The maximum atomic E-state index is 13.8. The summed E-state index contributed by atoms with van der Waals surface area (Å²) in [5, 5.41) is 1.86. The maximum Gasteiger partial charge on any atom is 0.263 e. The van der Waals surface area contributed by atoms with Gasteiger partial charge in [-0.05, 0) is 39.5 Å². The number of rotatable bonds is 4. The Bertz CT molecular complexity index is 953. The molecule has 2 aromatic heterocycles. The molecule has 0 unspecified atom stereocenters. The van der Waals surface area contributed by atoms with E-state index in [2.05, 4.69) is 20.9 Å². The lowest BCUT2D eigenvalue weighted by molar-refractivity contribution is 0.592. The molecule has 4 nitrogen and oxygen atoms in total. The second-order valence-corrected chi connectivity index (χ2v) is 8.06. The summed E-state index contributed by atoms with van der Waals surface area (Å²) in [6, 6.07) is 6.75. The molecule has 3 aromatic rings. The van der Waals surface area contributed by atoms with Crippen molar-refractivity contribution in [3.05, 3.63) is 58.0 Å². The predicted octanol–water partition coefficient (Wildman–Crippen LogP) is 4.58. The van der Waals surface area contributed by atoms with Crippen molar-refractivity contribution in [3.8, 4) is 10.6 Å². The minimum Gasteiger partial charge on any atom is -0.359 e. The van der Waals surface area contributed by atoms with Gasteiger partial charge in [-0.25, -0.2) is 17.2 Å². The van der Waals surface area contributed by atoms with Crippen LogP contribution in [0.3, 0.4) is 0 Å². The van der Waals surface area contributed by atoms with Crippen molar-refractivity contribution < 1.29 is 17.2 Å². The fraction of sp³-hybridized carbons (Fsp3) is 0. The average Bonchev–Trinajstić information content (AvgIpc) is 3.15. The van der Waals surface area contributed by atoms with Crippen LogP contribution in [-0.2, 0) is 10.0 Å². The van der Waals surface area contributed by atoms with Crippen LogP contribution in [0.5, 0.6) is 0 Å². The summed E-state index contributed by atoms with van der Waals surface area (Å²) < 4.78 is 53.8. The highest BCUT2D eigenvalue weighted by atomic mass is 79.9. The first-order chi connectivity index (χ1) is 10.9. The van der Waals surface area contributed by atoms with Crippen LogP contribution >= 0.6 is 27.3 Å². The number of nitrogens with one attached hydrogen (secondary N) is 2. The third-order valence-corrected chi connectivity index (χ3v) is 5.86. The number of H-pyrrole nitrogens is 1. The summed E-state index contributed by atoms with van der Waals surface area (Å²) in [5.41, 5.74) is 0.174.